The number of azide groups is 2. The topological polar surface area (TPSA) is 107 Å². The molecule has 1 saturated carbocycles. The Morgan fingerprint density at radius 2 is 1.25 bits per heavy atom. The third kappa shape index (κ3) is 5.25. The zero-order chi connectivity index (χ0) is 19.8. The first-order valence-electron chi connectivity index (χ1n) is 8.92. The molecule has 0 spiro atoms. The average Bonchev–Trinajstić information content (AvgIpc) is 2.71. The summed E-state index contributed by atoms with van der Waals surface area (Å²) in [6.07, 6.45) is 7.16. The van der Waals surface area contributed by atoms with Crippen molar-refractivity contribution < 1.29 is 4.74 Å². The molecular weight excluding hydrogens is 352 g/mol. The lowest BCUT2D eigenvalue weighted by molar-refractivity contribution is 0.0974. The van der Waals surface area contributed by atoms with E-state index >= 15 is 0 Å². The van der Waals surface area contributed by atoms with Crippen molar-refractivity contribution in [1.29, 1.82) is 0 Å². The molecule has 7 nitrogen and oxygen atoms in total. The van der Waals surface area contributed by atoms with Gasteiger partial charge in [0.25, 0.3) is 0 Å². The summed E-state index contributed by atoms with van der Waals surface area (Å²) in [7, 11) is 1.74. The highest BCUT2D eigenvalue weighted by atomic mass is 16.5. The molecule has 1 fully saturated rings. The van der Waals surface area contributed by atoms with E-state index in [1.54, 1.807) is 7.11 Å². The molecule has 0 heterocycles. The summed E-state index contributed by atoms with van der Waals surface area (Å²) >= 11 is 0. The molecule has 28 heavy (non-hydrogen) atoms. The second kappa shape index (κ2) is 9.44. The van der Waals surface area contributed by atoms with Crippen LogP contribution in [0.15, 0.2) is 69.9 Å². The maximum atomic E-state index is 8.50. The summed E-state index contributed by atoms with van der Waals surface area (Å²) in [5.74, 6) is 0. The van der Waals surface area contributed by atoms with Crippen molar-refractivity contribution in [2.24, 2.45) is 10.2 Å². The number of nitrogens with zero attached hydrogens (tertiary/aromatic N) is 6. The first-order valence-corrected chi connectivity index (χ1v) is 8.92. The number of ether oxygens (including phenoxy) is 1. The Morgan fingerprint density at radius 1 is 0.821 bits per heavy atom. The van der Waals surface area contributed by atoms with Crippen LogP contribution < -0.4 is 0 Å². The monoisotopic (exact) mass is 372 g/mol. The maximum absolute atomic E-state index is 8.50. The molecule has 0 saturated heterocycles. The molecule has 1 aliphatic carbocycles. The van der Waals surface area contributed by atoms with Crippen LogP contribution in [0.3, 0.4) is 0 Å². The molecule has 0 unspecified atom stereocenters. The molecule has 0 aromatic heterocycles. The normalized spacial score (nSPS) is 19.1. The molecule has 7 heteroatoms. The summed E-state index contributed by atoms with van der Waals surface area (Å²) in [4.78, 5) is 5.60. The minimum absolute atomic E-state index is 0.149. The van der Waals surface area contributed by atoms with E-state index in [2.05, 4.69) is 32.2 Å². The molecule has 3 rings (SSSR count). The molecule has 2 aromatic rings. The van der Waals surface area contributed by atoms with Gasteiger partial charge >= 0.3 is 0 Å². The van der Waals surface area contributed by atoms with Gasteiger partial charge in [-0.15, -0.1) is 0 Å². The van der Waals surface area contributed by atoms with Crippen LogP contribution in [0.1, 0.15) is 30.4 Å². The van der Waals surface area contributed by atoms with Crippen molar-refractivity contribution in [2.45, 2.75) is 25.4 Å². The lowest BCUT2D eigenvalue weighted by Crippen LogP contribution is -2.18. The van der Waals surface area contributed by atoms with Crippen molar-refractivity contribution in [3.63, 3.8) is 0 Å². The van der Waals surface area contributed by atoms with Gasteiger partial charge in [-0.1, -0.05) is 82.1 Å². The van der Waals surface area contributed by atoms with Crippen LogP contribution >= 0.6 is 0 Å². The quantitative estimate of drug-likeness (QED) is 0.308. The Morgan fingerprint density at radius 3 is 1.61 bits per heavy atom. The zero-order valence-electron chi connectivity index (χ0n) is 15.6. The molecule has 1 aliphatic rings. The molecule has 0 radical (unpaired) electrons. The van der Waals surface area contributed by atoms with Gasteiger partial charge in [-0.25, -0.2) is 0 Å². The molecule has 0 N–H and O–H groups in total. The predicted molar refractivity (Wildman–Crippen MR) is 111 cm³/mol. The van der Waals surface area contributed by atoms with Gasteiger partial charge in [0.05, 0.1) is 6.10 Å². The third-order valence-corrected chi connectivity index (χ3v) is 4.62. The molecule has 0 amide bonds. The number of hydrogen-bond acceptors (Lipinski definition) is 3. The highest BCUT2D eigenvalue weighted by Gasteiger charge is 2.20. The zero-order valence-corrected chi connectivity index (χ0v) is 15.6. The Hall–Kier alpha value is -3.50. The lowest BCUT2D eigenvalue weighted by atomic mass is 9.86. The summed E-state index contributed by atoms with van der Waals surface area (Å²) in [6, 6.07) is 15.0. The summed E-state index contributed by atoms with van der Waals surface area (Å²) in [5.41, 5.74) is 23.0. The average molecular weight is 372 g/mol. The number of benzene rings is 2. The van der Waals surface area contributed by atoms with E-state index in [-0.39, 0.29) is 6.10 Å². The van der Waals surface area contributed by atoms with Gasteiger partial charge in [-0.05, 0) is 41.5 Å². The van der Waals surface area contributed by atoms with Crippen LogP contribution in [-0.4, -0.2) is 13.2 Å². The van der Waals surface area contributed by atoms with Gasteiger partial charge in [0.1, 0.15) is 0 Å². The van der Waals surface area contributed by atoms with E-state index < -0.39 is 0 Å². The van der Waals surface area contributed by atoms with Crippen LogP contribution in [0.5, 0.6) is 0 Å². The number of methoxy groups -OCH3 is 1. The van der Waals surface area contributed by atoms with Crippen molar-refractivity contribution in [3.05, 3.63) is 91.7 Å². The van der Waals surface area contributed by atoms with Gasteiger partial charge in [-0.3, -0.25) is 0 Å². The van der Waals surface area contributed by atoms with E-state index in [9.17, 15) is 0 Å². The highest BCUT2D eigenvalue weighted by molar-refractivity contribution is 5.61. The summed E-state index contributed by atoms with van der Waals surface area (Å²) in [5, 5.41) is 7.20. The first-order chi connectivity index (χ1) is 13.7. The Bertz CT molecular complexity index is 899. The summed E-state index contributed by atoms with van der Waals surface area (Å²) < 4.78 is 5.64. The lowest BCUT2D eigenvalue weighted by Gasteiger charge is -2.26. The van der Waals surface area contributed by atoms with Crippen LogP contribution in [0, 0.1) is 0 Å². The second-order valence-electron chi connectivity index (χ2n) is 6.61. The van der Waals surface area contributed by atoms with Gasteiger partial charge in [0, 0.05) is 28.3 Å². The van der Waals surface area contributed by atoms with E-state index in [4.69, 9.17) is 15.8 Å². The van der Waals surface area contributed by atoms with Crippen molar-refractivity contribution in [2.75, 3.05) is 7.11 Å². The van der Waals surface area contributed by atoms with Crippen molar-refractivity contribution in [1.82, 2.24) is 0 Å². The second-order valence-corrected chi connectivity index (χ2v) is 6.61. The van der Waals surface area contributed by atoms with Crippen LogP contribution in [0.4, 0.5) is 11.4 Å². The Balaban J connectivity index is 1.81. The summed E-state index contributed by atoms with van der Waals surface area (Å²) in [6.45, 7) is 0. The Kier molecular flexibility index (Phi) is 6.50. The molecule has 140 valence electrons. The maximum Gasteiger partial charge on any atom is 0.0645 e. The standard InChI is InChI=1S/C21H20N6O/c1-28-21-13-17(10-15-2-6-19(7-3-15)24-26-22)12-18(14-21)11-16-4-8-20(9-5-16)25-27-23/h2-11,21H,12-14H2,1H3. The molecule has 2 aromatic carbocycles. The van der Waals surface area contributed by atoms with Gasteiger partial charge in [0.15, 0.2) is 0 Å². The van der Waals surface area contributed by atoms with Gasteiger partial charge in [-0.2, -0.15) is 0 Å². The van der Waals surface area contributed by atoms with E-state index in [1.807, 2.05) is 48.5 Å². The molecule has 0 aliphatic heterocycles. The Labute approximate surface area is 163 Å². The minimum atomic E-state index is 0.149. The van der Waals surface area contributed by atoms with E-state index in [0.29, 0.717) is 11.4 Å². The van der Waals surface area contributed by atoms with Crippen LogP contribution in [0.25, 0.3) is 33.0 Å². The number of hydrogen-bond donors (Lipinski definition) is 0. The predicted octanol–water partition coefficient (Wildman–Crippen LogP) is 7.24. The smallest absolute Gasteiger partial charge is 0.0645 e. The highest BCUT2D eigenvalue weighted by Crippen LogP contribution is 2.33. The van der Waals surface area contributed by atoms with Crippen LogP contribution in [0.2, 0.25) is 0 Å². The fourth-order valence-electron chi connectivity index (χ4n) is 3.33. The molecular formula is C21H20N6O. The van der Waals surface area contributed by atoms with E-state index in [0.717, 1.165) is 30.4 Å². The fraction of sp³-hybridized carbons (Fsp3) is 0.238. The van der Waals surface area contributed by atoms with Crippen LogP contribution in [-0.2, 0) is 4.74 Å². The molecule has 0 bridgehead atoms. The fourth-order valence-corrected chi connectivity index (χ4v) is 3.33. The van der Waals surface area contributed by atoms with Gasteiger partial charge in [0.2, 0.25) is 0 Å². The largest absolute Gasteiger partial charge is 0.381 e. The first kappa shape index (κ1) is 19.3. The number of rotatable bonds is 5. The van der Waals surface area contributed by atoms with Crippen molar-refractivity contribution >= 4 is 23.5 Å². The van der Waals surface area contributed by atoms with E-state index in [1.165, 1.54) is 11.1 Å². The third-order valence-electron chi connectivity index (χ3n) is 4.62. The van der Waals surface area contributed by atoms with Gasteiger partial charge < -0.3 is 4.74 Å². The van der Waals surface area contributed by atoms with Crippen molar-refractivity contribution in [3.8, 4) is 0 Å². The molecule has 0 atom stereocenters. The minimum Gasteiger partial charge on any atom is -0.381 e. The SMILES string of the molecule is COC1CC(=Cc2ccc(N=[N+]=[N-])cc2)CC(=Cc2ccc(N=[N+]=[N-])cc2)C1.